The highest BCUT2D eigenvalue weighted by molar-refractivity contribution is 14.0. The molecular formula is C22H38IN5O2. The van der Waals surface area contributed by atoms with Gasteiger partial charge in [-0.05, 0) is 25.0 Å². The van der Waals surface area contributed by atoms with Crippen LogP contribution in [0.4, 0.5) is 0 Å². The lowest BCUT2D eigenvalue weighted by atomic mass is 10.1. The monoisotopic (exact) mass is 531 g/mol. The first-order valence-corrected chi connectivity index (χ1v) is 10.8. The summed E-state index contributed by atoms with van der Waals surface area (Å²) in [5, 5.41) is 6.80. The molecule has 8 heteroatoms. The highest BCUT2D eigenvalue weighted by Gasteiger charge is 2.21. The molecule has 2 aliphatic rings. The van der Waals surface area contributed by atoms with E-state index >= 15 is 0 Å². The summed E-state index contributed by atoms with van der Waals surface area (Å²) in [6.45, 7) is 13.7. The van der Waals surface area contributed by atoms with Crippen molar-refractivity contribution in [1.82, 2.24) is 20.4 Å². The lowest BCUT2D eigenvalue weighted by molar-refractivity contribution is -0.0704. The van der Waals surface area contributed by atoms with Gasteiger partial charge in [-0.2, -0.15) is 0 Å². The van der Waals surface area contributed by atoms with Crippen LogP contribution in [0.15, 0.2) is 29.3 Å². The van der Waals surface area contributed by atoms with Gasteiger partial charge in [-0.1, -0.05) is 24.3 Å². The molecule has 0 radical (unpaired) electrons. The van der Waals surface area contributed by atoms with Gasteiger partial charge in [0.25, 0.3) is 0 Å². The molecule has 2 fully saturated rings. The van der Waals surface area contributed by atoms with Gasteiger partial charge < -0.3 is 20.1 Å². The summed E-state index contributed by atoms with van der Waals surface area (Å²) in [5.74, 6) is 0.846. The SMILES string of the molecule is CN=C(NCCN1CCOCC1)NCc1ccc(CN2CC(C)OC(C)C2)cc1.I. The summed E-state index contributed by atoms with van der Waals surface area (Å²) in [7, 11) is 1.82. The van der Waals surface area contributed by atoms with Crippen LogP contribution in [-0.4, -0.2) is 87.5 Å². The number of aliphatic imine (C=N–C) groups is 1. The zero-order valence-electron chi connectivity index (χ0n) is 18.6. The predicted octanol–water partition coefficient (Wildman–Crippen LogP) is 1.91. The number of nitrogens with one attached hydrogen (secondary N) is 2. The average molecular weight is 531 g/mol. The van der Waals surface area contributed by atoms with Crippen molar-refractivity contribution in [3.8, 4) is 0 Å². The third kappa shape index (κ3) is 8.66. The van der Waals surface area contributed by atoms with Gasteiger partial charge in [0.2, 0.25) is 0 Å². The molecule has 2 heterocycles. The lowest BCUT2D eigenvalue weighted by Gasteiger charge is -2.35. The molecule has 30 heavy (non-hydrogen) atoms. The van der Waals surface area contributed by atoms with E-state index in [0.29, 0.717) is 12.2 Å². The van der Waals surface area contributed by atoms with Crippen LogP contribution in [0.2, 0.25) is 0 Å². The molecule has 170 valence electrons. The first-order chi connectivity index (χ1) is 14.1. The van der Waals surface area contributed by atoms with E-state index in [-0.39, 0.29) is 24.0 Å². The van der Waals surface area contributed by atoms with Gasteiger partial charge in [0.1, 0.15) is 0 Å². The Morgan fingerprint density at radius 2 is 1.63 bits per heavy atom. The van der Waals surface area contributed by atoms with E-state index in [9.17, 15) is 0 Å². The second kappa shape index (κ2) is 13.5. The van der Waals surface area contributed by atoms with E-state index in [2.05, 4.69) is 63.5 Å². The molecule has 7 nitrogen and oxygen atoms in total. The summed E-state index contributed by atoms with van der Waals surface area (Å²) in [5.41, 5.74) is 2.61. The van der Waals surface area contributed by atoms with E-state index in [1.807, 2.05) is 7.05 Å². The standard InChI is InChI=1S/C22H37N5O2.HI/c1-18-15-27(16-19(2)29-18)17-21-6-4-20(5-7-21)14-25-22(23-3)24-8-9-26-10-12-28-13-11-26;/h4-7,18-19H,8-17H2,1-3H3,(H2,23,24,25);1H. The normalized spacial score (nSPS) is 23.6. The van der Waals surface area contributed by atoms with Crippen LogP contribution in [0.25, 0.3) is 0 Å². The molecule has 0 spiro atoms. The van der Waals surface area contributed by atoms with Gasteiger partial charge in [-0.3, -0.25) is 14.8 Å². The van der Waals surface area contributed by atoms with Crippen molar-refractivity contribution in [3.63, 3.8) is 0 Å². The van der Waals surface area contributed by atoms with Crippen molar-refractivity contribution in [3.05, 3.63) is 35.4 Å². The van der Waals surface area contributed by atoms with Gasteiger partial charge in [-0.25, -0.2) is 0 Å². The zero-order valence-corrected chi connectivity index (χ0v) is 20.9. The van der Waals surface area contributed by atoms with E-state index in [1.165, 1.54) is 11.1 Å². The van der Waals surface area contributed by atoms with Gasteiger partial charge in [0.15, 0.2) is 5.96 Å². The summed E-state index contributed by atoms with van der Waals surface area (Å²) in [6, 6.07) is 8.88. The Morgan fingerprint density at radius 3 is 2.27 bits per heavy atom. The molecule has 2 saturated heterocycles. The molecule has 0 bridgehead atoms. The molecule has 2 unspecified atom stereocenters. The molecule has 2 aliphatic heterocycles. The summed E-state index contributed by atoms with van der Waals surface area (Å²) < 4.78 is 11.2. The number of hydrogen-bond donors (Lipinski definition) is 2. The fourth-order valence-electron chi connectivity index (χ4n) is 4.00. The maximum absolute atomic E-state index is 5.83. The number of guanidine groups is 1. The second-order valence-electron chi connectivity index (χ2n) is 8.07. The largest absolute Gasteiger partial charge is 0.379 e. The Morgan fingerprint density at radius 1 is 1.00 bits per heavy atom. The van der Waals surface area contributed by atoms with Crippen molar-refractivity contribution in [2.75, 3.05) is 59.5 Å². The minimum atomic E-state index is 0. The van der Waals surface area contributed by atoms with Crippen LogP contribution in [0.3, 0.4) is 0 Å². The molecule has 0 amide bonds. The molecule has 1 aromatic rings. The number of morpholine rings is 2. The van der Waals surface area contributed by atoms with Crippen molar-refractivity contribution in [2.24, 2.45) is 4.99 Å². The van der Waals surface area contributed by atoms with Crippen molar-refractivity contribution >= 4 is 29.9 Å². The maximum Gasteiger partial charge on any atom is 0.191 e. The van der Waals surface area contributed by atoms with Gasteiger partial charge in [0, 0.05) is 59.4 Å². The van der Waals surface area contributed by atoms with Crippen LogP contribution in [0.5, 0.6) is 0 Å². The van der Waals surface area contributed by atoms with Crippen molar-refractivity contribution in [1.29, 1.82) is 0 Å². The Hall–Kier alpha value is -0.940. The molecule has 0 aliphatic carbocycles. The topological polar surface area (TPSA) is 61.4 Å². The number of rotatable bonds is 7. The Kier molecular flexibility index (Phi) is 11.4. The number of hydrogen-bond acceptors (Lipinski definition) is 5. The van der Waals surface area contributed by atoms with E-state index < -0.39 is 0 Å². The van der Waals surface area contributed by atoms with Gasteiger partial charge in [-0.15, -0.1) is 24.0 Å². The van der Waals surface area contributed by atoms with Crippen molar-refractivity contribution in [2.45, 2.75) is 39.1 Å². The Labute approximate surface area is 198 Å². The van der Waals surface area contributed by atoms with Crippen LogP contribution < -0.4 is 10.6 Å². The second-order valence-corrected chi connectivity index (χ2v) is 8.07. The number of ether oxygens (including phenoxy) is 2. The fraction of sp³-hybridized carbons (Fsp3) is 0.682. The molecular weight excluding hydrogens is 493 g/mol. The highest BCUT2D eigenvalue weighted by atomic mass is 127. The minimum Gasteiger partial charge on any atom is -0.379 e. The molecule has 2 atom stereocenters. The third-order valence-electron chi connectivity index (χ3n) is 5.43. The number of nitrogens with zero attached hydrogens (tertiary/aromatic N) is 3. The Balaban J connectivity index is 0.00000320. The smallest absolute Gasteiger partial charge is 0.191 e. The summed E-state index contributed by atoms with van der Waals surface area (Å²) >= 11 is 0. The van der Waals surface area contributed by atoms with Crippen LogP contribution in [-0.2, 0) is 22.6 Å². The molecule has 1 aromatic carbocycles. The van der Waals surface area contributed by atoms with Gasteiger partial charge >= 0.3 is 0 Å². The molecule has 0 saturated carbocycles. The number of halogens is 1. The first kappa shape index (κ1) is 25.3. The fourth-order valence-corrected chi connectivity index (χ4v) is 4.00. The number of benzene rings is 1. The van der Waals surface area contributed by atoms with E-state index in [4.69, 9.17) is 9.47 Å². The Bertz CT molecular complexity index is 627. The lowest BCUT2D eigenvalue weighted by Crippen LogP contribution is -2.44. The van der Waals surface area contributed by atoms with Crippen LogP contribution in [0, 0.1) is 0 Å². The van der Waals surface area contributed by atoms with Crippen LogP contribution in [0.1, 0.15) is 25.0 Å². The van der Waals surface area contributed by atoms with Gasteiger partial charge in [0.05, 0.1) is 25.4 Å². The quantitative estimate of drug-likeness (QED) is 0.319. The van der Waals surface area contributed by atoms with E-state index in [0.717, 1.165) is 71.5 Å². The third-order valence-corrected chi connectivity index (χ3v) is 5.43. The minimum absolute atomic E-state index is 0. The van der Waals surface area contributed by atoms with Crippen molar-refractivity contribution < 1.29 is 9.47 Å². The zero-order chi connectivity index (χ0) is 20.5. The predicted molar refractivity (Wildman–Crippen MR) is 133 cm³/mol. The first-order valence-electron chi connectivity index (χ1n) is 10.8. The molecule has 0 aromatic heterocycles. The highest BCUT2D eigenvalue weighted by Crippen LogP contribution is 2.14. The molecule has 2 N–H and O–H groups in total. The summed E-state index contributed by atoms with van der Waals surface area (Å²) in [4.78, 5) is 9.22. The van der Waals surface area contributed by atoms with E-state index in [1.54, 1.807) is 0 Å². The van der Waals surface area contributed by atoms with Crippen LogP contribution >= 0.6 is 24.0 Å². The molecule has 3 rings (SSSR count). The summed E-state index contributed by atoms with van der Waals surface area (Å²) in [6.07, 6.45) is 0.620. The average Bonchev–Trinajstić information content (AvgIpc) is 2.71. The maximum atomic E-state index is 5.83.